The predicted molar refractivity (Wildman–Crippen MR) is 67.2 cm³/mol. The average Bonchev–Trinajstić information content (AvgIpc) is 2.80. The van der Waals surface area contributed by atoms with Crippen molar-refractivity contribution < 1.29 is 9.18 Å². The van der Waals surface area contributed by atoms with Gasteiger partial charge in [-0.15, -0.1) is 0 Å². The normalized spacial score (nSPS) is 19.7. The molecule has 1 aromatic rings. The summed E-state index contributed by atoms with van der Waals surface area (Å²) >= 11 is 3.07. The van der Waals surface area contributed by atoms with Crippen LogP contribution in [0, 0.1) is 11.7 Å². The molecule has 1 atom stereocenters. The van der Waals surface area contributed by atoms with Gasteiger partial charge in [0, 0.05) is 18.7 Å². The first-order valence-corrected chi connectivity index (χ1v) is 6.35. The first-order valence-electron chi connectivity index (χ1n) is 5.56. The van der Waals surface area contributed by atoms with Crippen LogP contribution in [0.15, 0.2) is 22.7 Å². The fourth-order valence-electron chi connectivity index (χ4n) is 2.02. The summed E-state index contributed by atoms with van der Waals surface area (Å²) in [6, 6.07) is 4.45. The zero-order chi connectivity index (χ0) is 12.4. The number of halogens is 2. The molecule has 1 amide bonds. The van der Waals surface area contributed by atoms with Gasteiger partial charge in [-0.05, 0) is 53.0 Å². The van der Waals surface area contributed by atoms with Gasteiger partial charge in [-0.1, -0.05) is 0 Å². The van der Waals surface area contributed by atoms with E-state index in [2.05, 4.69) is 15.9 Å². The number of likely N-dealkylation sites (tertiary alicyclic amines) is 1. The van der Waals surface area contributed by atoms with E-state index in [0.717, 1.165) is 6.42 Å². The van der Waals surface area contributed by atoms with Crippen molar-refractivity contribution in [3.63, 3.8) is 0 Å². The molecule has 1 fully saturated rings. The van der Waals surface area contributed by atoms with E-state index in [-0.39, 0.29) is 5.91 Å². The summed E-state index contributed by atoms with van der Waals surface area (Å²) in [5.41, 5.74) is 5.97. The van der Waals surface area contributed by atoms with Gasteiger partial charge >= 0.3 is 0 Å². The molecule has 0 aliphatic carbocycles. The Morgan fingerprint density at radius 1 is 1.59 bits per heavy atom. The van der Waals surface area contributed by atoms with Crippen molar-refractivity contribution >= 4 is 21.8 Å². The van der Waals surface area contributed by atoms with Crippen LogP contribution in [-0.2, 0) is 0 Å². The highest BCUT2D eigenvalue weighted by Gasteiger charge is 2.26. The number of amides is 1. The number of nitrogens with two attached hydrogens (primary N) is 1. The van der Waals surface area contributed by atoms with E-state index in [0.29, 0.717) is 35.6 Å². The van der Waals surface area contributed by atoms with Crippen LogP contribution in [0.1, 0.15) is 16.8 Å². The minimum atomic E-state index is -0.412. The van der Waals surface area contributed by atoms with E-state index < -0.39 is 5.82 Å². The number of hydrogen-bond acceptors (Lipinski definition) is 2. The molecule has 0 unspecified atom stereocenters. The molecule has 2 N–H and O–H groups in total. The molecule has 1 aliphatic rings. The monoisotopic (exact) mass is 300 g/mol. The van der Waals surface area contributed by atoms with Gasteiger partial charge in [-0.25, -0.2) is 4.39 Å². The quantitative estimate of drug-likeness (QED) is 0.908. The Balaban J connectivity index is 2.12. The zero-order valence-corrected chi connectivity index (χ0v) is 10.9. The van der Waals surface area contributed by atoms with Crippen molar-refractivity contribution in [3.05, 3.63) is 34.1 Å². The Hall–Kier alpha value is -0.940. The topological polar surface area (TPSA) is 46.3 Å². The third-order valence-electron chi connectivity index (χ3n) is 3.07. The Bertz CT molecular complexity index is 439. The molecule has 0 saturated carbocycles. The van der Waals surface area contributed by atoms with Crippen molar-refractivity contribution in [2.24, 2.45) is 11.7 Å². The molecule has 3 nitrogen and oxygen atoms in total. The highest BCUT2D eigenvalue weighted by atomic mass is 79.9. The molecule has 92 valence electrons. The third-order valence-corrected chi connectivity index (χ3v) is 3.72. The largest absolute Gasteiger partial charge is 0.338 e. The predicted octanol–water partition coefficient (Wildman–Crippen LogP) is 2.01. The number of rotatable bonds is 2. The maximum absolute atomic E-state index is 13.3. The molecule has 0 bridgehead atoms. The van der Waals surface area contributed by atoms with Gasteiger partial charge in [0.05, 0.1) is 4.47 Å². The Morgan fingerprint density at radius 3 is 2.94 bits per heavy atom. The summed E-state index contributed by atoms with van der Waals surface area (Å²) < 4.78 is 13.7. The van der Waals surface area contributed by atoms with Gasteiger partial charge in [-0.2, -0.15) is 0 Å². The molecule has 1 aromatic carbocycles. The molecular weight excluding hydrogens is 287 g/mol. The Labute approximate surface area is 108 Å². The third kappa shape index (κ3) is 2.66. The van der Waals surface area contributed by atoms with Gasteiger partial charge in [0.15, 0.2) is 0 Å². The van der Waals surface area contributed by atoms with Crippen molar-refractivity contribution in [3.8, 4) is 0 Å². The second-order valence-electron chi connectivity index (χ2n) is 4.27. The number of nitrogens with zero attached hydrogens (tertiary/aromatic N) is 1. The first kappa shape index (κ1) is 12.5. The lowest BCUT2D eigenvalue weighted by Gasteiger charge is -2.16. The highest BCUT2D eigenvalue weighted by Crippen LogP contribution is 2.21. The van der Waals surface area contributed by atoms with Gasteiger partial charge in [0.1, 0.15) is 5.82 Å². The summed E-state index contributed by atoms with van der Waals surface area (Å²) in [6.07, 6.45) is 0.932. The van der Waals surface area contributed by atoms with E-state index in [1.807, 2.05) is 0 Å². The molecule has 2 rings (SSSR count). The Morgan fingerprint density at radius 2 is 2.35 bits per heavy atom. The molecule has 5 heteroatoms. The highest BCUT2D eigenvalue weighted by molar-refractivity contribution is 9.10. The molecule has 17 heavy (non-hydrogen) atoms. The van der Waals surface area contributed by atoms with Gasteiger partial charge in [-0.3, -0.25) is 4.79 Å². The summed E-state index contributed by atoms with van der Waals surface area (Å²) in [6.45, 7) is 1.98. The fourth-order valence-corrected chi connectivity index (χ4v) is 2.27. The van der Waals surface area contributed by atoms with Crippen LogP contribution in [0.3, 0.4) is 0 Å². The average molecular weight is 301 g/mol. The van der Waals surface area contributed by atoms with E-state index >= 15 is 0 Å². The second kappa shape index (κ2) is 5.14. The zero-order valence-electron chi connectivity index (χ0n) is 9.33. The number of hydrogen-bond donors (Lipinski definition) is 1. The van der Waals surface area contributed by atoms with Crippen LogP contribution in [-0.4, -0.2) is 30.4 Å². The minimum absolute atomic E-state index is 0.118. The molecule has 0 spiro atoms. The summed E-state index contributed by atoms with van der Waals surface area (Å²) in [5.74, 6) is -0.156. The maximum atomic E-state index is 13.3. The number of carbonyl (C=O) groups is 1. The van der Waals surface area contributed by atoms with Crippen LogP contribution in [0.5, 0.6) is 0 Å². The lowest BCUT2D eigenvalue weighted by atomic mass is 10.1. The fraction of sp³-hybridized carbons (Fsp3) is 0.417. The van der Waals surface area contributed by atoms with Crippen LogP contribution in [0.4, 0.5) is 4.39 Å². The Kier molecular flexibility index (Phi) is 3.79. The lowest BCUT2D eigenvalue weighted by molar-refractivity contribution is 0.0787. The van der Waals surface area contributed by atoms with Crippen molar-refractivity contribution in [1.29, 1.82) is 0 Å². The summed E-state index contributed by atoms with van der Waals surface area (Å²) in [5, 5.41) is 0. The van der Waals surface area contributed by atoms with E-state index in [9.17, 15) is 9.18 Å². The van der Waals surface area contributed by atoms with Crippen molar-refractivity contribution in [2.75, 3.05) is 19.6 Å². The molecule has 1 saturated heterocycles. The summed E-state index contributed by atoms with van der Waals surface area (Å²) in [4.78, 5) is 13.8. The second-order valence-corrected chi connectivity index (χ2v) is 5.12. The summed E-state index contributed by atoms with van der Waals surface area (Å²) in [7, 11) is 0. The van der Waals surface area contributed by atoms with Gasteiger partial charge in [0.25, 0.3) is 5.91 Å². The van der Waals surface area contributed by atoms with Crippen molar-refractivity contribution in [1.82, 2.24) is 4.90 Å². The standard InChI is InChI=1S/C12H14BrFN2O/c13-10-2-1-9(5-11(10)14)12(17)16-4-3-8(6-15)7-16/h1-2,5,8H,3-4,6-7,15H2/t8-/m0/s1. The molecule has 1 heterocycles. The first-order chi connectivity index (χ1) is 8.11. The smallest absolute Gasteiger partial charge is 0.253 e. The van der Waals surface area contributed by atoms with E-state index in [4.69, 9.17) is 5.73 Å². The molecule has 0 radical (unpaired) electrons. The maximum Gasteiger partial charge on any atom is 0.253 e. The lowest BCUT2D eigenvalue weighted by Crippen LogP contribution is -2.29. The van der Waals surface area contributed by atoms with E-state index in [1.165, 1.54) is 6.07 Å². The SMILES string of the molecule is NC[C@@H]1CCN(C(=O)c2ccc(Br)c(F)c2)C1. The van der Waals surface area contributed by atoms with Gasteiger partial charge in [0.2, 0.25) is 0 Å². The molecule has 1 aliphatic heterocycles. The van der Waals surface area contributed by atoms with E-state index in [1.54, 1.807) is 17.0 Å². The van der Waals surface area contributed by atoms with Crippen LogP contribution in [0.2, 0.25) is 0 Å². The van der Waals surface area contributed by atoms with Gasteiger partial charge < -0.3 is 10.6 Å². The molecular formula is C12H14BrFN2O. The number of carbonyl (C=O) groups excluding carboxylic acids is 1. The van der Waals surface area contributed by atoms with Crippen LogP contribution >= 0.6 is 15.9 Å². The number of benzene rings is 1. The van der Waals surface area contributed by atoms with Crippen LogP contribution < -0.4 is 5.73 Å². The van der Waals surface area contributed by atoms with Crippen LogP contribution in [0.25, 0.3) is 0 Å². The van der Waals surface area contributed by atoms with Crippen molar-refractivity contribution in [2.45, 2.75) is 6.42 Å². The minimum Gasteiger partial charge on any atom is -0.338 e. The molecule has 0 aromatic heterocycles.